The van der Waals surface area contributed by atoms with E-state index in [1.54, 1.807) is 0 Å². The number of anilines is 1. The predicted octanol–water partition coefficient (Wildman–Crippen LogP) is 4.23. The van der Waals surface area contributed by atoms with Crippen LogP contribution in [0.1, 0.15) is 20.3 Å². The van der Waals surface area contributed by atoms with Crippen molar-refractivity contribution in [1.29, 1.82) is 0 Å². The van der Waals surface area contributed by atoms with E-state index in [1.807, 2.05) is 0 Å². The van der Waals surface area contributed by atoms with E-state index in [-0.39, 0.29) is 11.6 Å². The Balaban J connectivity index is 0.000000982. The molecule has 0 saturated carbocycles. The van der Waals surface area contributed by atoms with Gasteiger partial charge in [-0.2, -0.15) is 0 Å². The van der Waals surface area contributed by atoms with Gasteiger partial charge in [0.25, 0.3) is 0 Å². The van der Waals surface area contributed by atoms with Crippen molar-refractivity contribution in [1.82, 2.24) is 5.32 Å². The van der Waals surface area contributed by atoms with Gasteiger partial charge >= 0.3 is 0 Å². The van der Waals surface area contributed by atoms with E-state index in [0.29, 0.717) is 4.61 Å². The Hall–Kier alpha value is -1.43. The molecule has 6 heteroatoms. The second kappa shape index (κ2) is 9.49. The summed E-state index contributed by atoms with van der Waals surface area (Å²) in [6.07, 6.45) is 1.25. The van der Waals surface area contributed by atoms with Crippen LogP contribution < -0.4 is 10.6 Å². The highest BCUT2D eigenvalue weighted by molar-refractivity contribution is 9.11. The first-order valence-electron chi connectivity index (χ1n) is 5.75. The van der Waals surface area contributed by atoms with Crippen LogP contribution in [-0.4, -0.2) is 13.0 Å². The van der Waals surface area contributed by atoms with E-state index in [9.17, 15) is 8.78 Å². The molecule has 1 aromatic carbocycles. The fourth-order valence-electron chi connectivity index (χ4n) is 1.01. The van der Waals surface area contributed by atoms with Crippen LogP contribution in [0.15, 0.2) is 34.4 Å². The summed E-state index contributed by atoms with van der Waals surface area (Å²) in [5.74, 6) is -1.20. The number of hydrogen-bond donors (Lipinski definition) is 2. The standard InChI is InChI=1S/C10H10BrF2N3.C3H8/c1-6(11)15-10(14-2)16-9-7(12)4-3-5-8(9)13;1-3-2/h3-5H,1H2,2H3,(H2,14,15,16);3H2,1-2H3. The smallest absolute Gasteiger partial charge is 0.200 e. The zero-order valence-electron chi connectivity index (χ0n) is 11.2. The largest absolute Gasteiger partial charge is 0.321 e. The number of benzene rings is 1. The fourth-order valence-corrected chi connectivity index (χ4v) is 1.19. The first-order valence-corrected chi connectivity index (χ1v) is 6.54. The molecule has 0 amide bonds. The number of rotatable bonds is 2. The number of para-hydroxylation sites is 1. The van der Waals surface area contributed by atoms with Gasteiger partial charge in [-0.05, 0) is 28.1 Å². The van der Waals surface area contributed by atoms with Crippen molar-refractivity contribution in [3.63, 3.8) is 0 Å². The number of halogens is 3. The Kier molecular flexibility index (Phi) is 8.78. The van der Waals surface area contributed by atoms with Crippen molar-refractivity contribution >= 4 is 27.6 Å². The maximum absolute atomic E-state index is 13.3. The summed E-state index contributed by atoms with van der Waals surface area (Å²) in [6, 6.07) is 3.60. The second-order valence-electron chi connectivity index (χ2n) is 3.53. The van der Waals surface area contributed by atoms with Crippen LogP contribution in [0.5, 0.6) is 0 Å². The molecule has 106 valence electrons. The van der Waals surface area contributed by atoms with Gasteiger partial charge in [-0.3, -0.25) is 4.99 Å². The van der Waals surface area contributed by atoms with Gasteiger partial charge in [-0.15, -0.1) is 0 Å². The van der Waals surface area contributed by atoms with Crippen LogP contribution in [-0.2, 0) is 0 Å². The topological polar surface area (TPSA) is 36.4 Å². The third-order valence-electron chi connectivity index (χ3n) is 1.68. The van der Waals surface area contributed by atoms with Crippen LogP contribution in [0.25, 0.3) is 0 Å². The van der Waals surface area contributed by atoms with E-state index in [0.717, 1.165) is 12.1 Å². The average molecular weight is 334 g/mol. The third kappa shape index (κ3) is 6.91. The number of hydrogen-bond acceptors (Lipinski definition) is 1. The van der Waals surface area contributed by atoms with Crippen molar-refractivity contribution in [3.8, 4) is 0 Å². The van der Waals surface area contributed by atoms with E-state index < -0.39 is 11.6 Å². The number of guanidine groups is 1. The van der Waals surface area contributed by atoms with Crippen molar-refractivity contribution in [3.05, 3.63) is 41.0 Å². The highest BCUT2D eigenvalue weighted by Crippen LogP contribution is 2.17. The molecule has 0 aliphatic rings. The molecule has 0 atom stereocenters. The monoisotopic (exact) mass is 333 g/mol. The van der Waals surface area contributed by atoms with Gasteiger partial charge in [-0.1, -0.05) is 32.9 Å². The van der Waals surface area contributed by atoms with Crippen molar-refractivity contribution < 1.29 is 8.78 Å². The van der Waals surface area contributed by atoms with Gasteiger partial charge in [0, 0.05) is 7.05 Å². The zero-order valence-corrected chi connectivity index (χ0v) is 12.8. The quantitative estimate of drug-likeness (QED) is 0.482. The van der Waals surface area contributed by atoms with Crippen LogP contribution >= 0.6 is 15.9 Å². The average Bonchev–Trinajstić information content (AvgIpc) is 2.33. The molecular formula is C13H18BrF2N3. The maximum atomic E-state index is 13.3. The van der Waals surface area contributed by atoms with Gasteiger partial charge in [0.2, 0.25) is 5.96 Å². The lowest BCUT2D eigenvalue weighted by molar-refractivity contribution is 0.591. The molecule has 0 unspecified atom stereocenters. The maximum Gasteiger partial charge on any atom is 0.200 e. The molecular weight excluding hydrogens is 316 g/mol. The lowest BCUT2D eigenvalue weighted by atomic mass is 10.3. The third-order valence-corrected chi connectivity index (χ3v) is 1.88. The molecule has 0 radical (unpaired) electrons. The predicted molar refractivity (Wildman–Crippen MR) is 80.5 cm³/mol. The number of nitrogens with one attached hydrogen (secondary N) is 2. The lowest BCUT2D eigenvalue weighted by Crippen LogP contribution is -2.28. The molecule has 2 N–H and O–H groups in total. The molecule has 0 heterocycles. The first-order chi connectivity index (χ1) is 8.96. The molecule has 0 spiro atoms. The number of aliphatic imine (C=N–C) groups is 1. The SMILES string of the molecule is C=C(Br)NC(=NC)Nc1c(F)cccc1F.CCC. The Labute approximate surface area is 120 Å². The summed E-state index contributed by atoms with van der Waals surface area (Å²) in [7, 11) is 1.48. The van der Waals surface area contributed by atoms with Gasteiger partial charge in [0.1, 0.15) is 17.3 Å². The zero-order chi connectivity index (χ0) is 14.8. The molecule has 1 aromatic rings. The summed E-state index contributed by atoms with van der Waals surface area (Å²) in [4.78, 5) is 3.78. The molecule has 0 bridgehead atoms. The van der Waals surface area contributed by atoms with Crippen LogP contribution in [0.3, 0.4) is 0 Å². The molecule has 0 aliphatic heterocycles. The lowest BCUT2D eigenvalue weighted by Gasteiger charge is -2.11. The molecule has 19 heavy (non-hydrogen) atoms. The molecule has 0 aromatic heterocycles. The minimum absolute atomic E-state index is 0.186. The molecule has 0 fully saturated rings. The summed E-state index contributed by atoms with van der Waals surface area (Å²) in [5, 5.41) is 5.15. The highest BCUT2D eigenvalue weighted by Gasteiger charge is 2.10. The normalized spacial score (nSPS) is 10.3. The van der Waals surface area contributed by atoms with E-state index in [1.165, 1.54) is 19.5 Å². The Morgan fingerprint density at radius 1 is 1.32 bits per heavy atom. The minimum atomic E-state index is -0.692. The molecule has 0 saturated heterocycles. The molecule has 0 aliphatic carbocycles. The molecule has 3 nitrogen and oxygen atoms in total. The molecule has 1 rings (SSSR count). The van der Waals surface area contributed by atoms with Crippen molar-refractivity contribution in [2.24, 2.45) is 4.99 Å². The van der Waals surface area contributed by atoms with E-state index in [4.69, 9.17) is 0 Å². The Morgan fingerprint density at radius 2 is 1.79 bits per heavy atom. The van der Waals surface area contributed by atoms with Gasteiger partial charge < -0.3 is 10.6 Å². The fraction of sp³-hybridized carbons (Fsp3) is 0.308. The van der Waals surface area contributed by atoms with Crippen LogP contribution in [0.4, 0.5) is 14.5 Å². The van der Waals surface area contributed by atoms with Gasteiger partial charge in [-0.25, -0.2) is 8.78 Å². The van der Waals surface area contributed by atoms with Gasteiger partial charge in [0.15, 0.2) is 0 Å². The minimum Gasteiger partial charge on any atom is -0.321 e. The number of nitrogens with zero attached hydrogens (tertiary/aromatic N) is 1. The van der Waals surface area contributed by atoms with E-state index >= 15 is 0 Å². The van der Waals surface area contributed by atoms with Crippen molar-refractivity contribution in [2.45, 2.75) is 20.3 Å². The van der Waals surface area contributed by atoms with Crippen LogP contribution in [0.2, 0.25) is 0 Å². The summed E-state index contributed by atoms with van der Waals surface area (Å²) >= 11 is 3.05. The Morgan fingerprint density at radius 3 is 2.16 bits per heavy atom. The highest BCUT2D eigenvalue weighted by atomic mass is 79.9. The summed E-state index contributed by atoms with van der Waals surface area (Å²) < 4.78 is 27.0. The Bertz CT molecular complexity index is 427. The van der Waals surface area contributed by atoms with Crippen LogP contribution in [0, 0.1) is 11.6 Å². The van der Waals surface area contributed by atoms with E-state index in [2.05, 4.69) is 52.0 Å². The second-order valence-corrected chi connectivity index (χ2v) is 4.49. The van der Waals surface area contributed by atoms with Gasteiger partial charge in [0.05, 0.1) is 4.61 Å². The summed E-state index contributed by atoms with van der Waals surface area (Å²) in [6.45, 7) is 7.78. The first kappa shape index (κ1) is 17.6. The summed E-state index contributed by atoms with van der Waals surface area (Å²) in [5.41, 5.74) is -0.260. The van der Waals surface area contributed by atoms with Crippen molar-refractivity contribution in [2.75, 3.05) is 12.4 Å².